The molecule has 0 atom stereocenters. The van der Waals surface area contributed by atoms with Gasteiger partial charge in [-0.05, 0) is 25.0 Å². The second-order valence-corrected chi connectivity index (χ2v) is 8.72. The fraction of sp³-hybridized carbons (Fsp3) is 0.321. The minimum atomic E-state index is -0.0142. The number of benzene rings is 2. The van der Waals surface area contributed by atoms with E-state index in [1.54, 1.807) is 6.08 Å². The van der Waals surface area contributed by atoms with Crippen LogP contribution in [-0.4, -0.2) is 70.7 Å². The van der Waals surface area contributed by atoms with Gasteiger partial charge >= 0.3 is 0 Å². The lowest BCUT2D eigenvalue weighted by molar-refractivity contribution is -0.125. The number of carbonyl (C=O) groups excluding carboxylic acids is 2. The summed E-state index contributed by atoms with van der Waals surface area (Å²) in [6.07, 6.45) is 6.37. The first-order chi connectivity index (χ1) is 17.1. The van der Waals surface area contributed by atoms with Crippen LogP contribution >= 0.6 is 0 Å². The molecular formula is C28H33N5O2. The molecule has 2 amide bonds. The summed E-state index contributed by atoms with van der Waals surface area (Å²) in [5.74, 6) is 0.0211. The molecule has 1 aliphatic rings. The molecule has 0 saturated carbocycles. The van der Waals surface area contributed by atoms with Crippen LogP contribution < -0.4 is 5.32 Å². The molecule has 0 spiro atoms. The molecule has 182 valence electrons. The summed E-state index contributed by atoms with van der Waals surface area (Å²) in [6.45, 7) is 6.41. The second kappa shape index (κ2) is 12.1. The van der Waals surface area contributed by atoms with Crippen LogP contribution in [0.3, 0.4) is 0 Å². The van der Waals surface area contributed by atoms with Crippen molar-refractivity contribution < 1.29 is 9.59 Å². The molecule has 7 nitrogen and oxygen atoms in total. The molecular weight excluding hydrogens is 438 g/mol. The van der Waals surface area contributed by atoms with Crippen molar-refractivity contribution in [3.05, 3.63) is 84.1 Å². The lowest BCUT2D eigenvalue weighted by atomic mass is 10.1. The number of nitrogens with one attached hydrogen (secondary N) is 1. The molecule has 7 heteroatoms. The van der Waals surface area contributed by atoms with Gasteiger partial charge in [0.2, 0.25) is 11.8 Å². The third-order valence-corrected chi connectivity index (χ3v) is 6.07. The Morgan fingerprint density at radius 1 is 0.971 bits per heavy atom. The Hall–Kier alpha value is -3.71. The molecule has 4 rings (SSSR count). The SMILES string of the molecule is CCNC(=O)CN1CCCN(C(=O)/C=C/c2cn(Cc3ccccc3)nc2-c2ccccc2)CC1. The van der Waals surface area contributed by atoms with E-state index in [1.807, 2.05) is 77.3 Å². The van der Waals surface area contributed by atoms with E-state index in [-0.39, 0.29) is 11.8 Å². The molecule has 35 heavy (non-hydrogen) atoms. The maximum Gasteiger partial charge on any atom is 0.246 e. The van der Waals surface area contributed by atoms with Crippen molar-refractivity contribution in [1.82, 2.24) is 24.9 Å². The Balaban J connectivity index is 1.46. The fourth-order valence-electron chi connectivity index (χ4n) is 4.30. The molecule has 1 N–H and O–H groups in total. The van der Waals surface area contributed by atoms with Crippen LogP contribution in [-0.2, 0) is 16.1 Å². The van der Waals surface area contributed by atoms with Crippen LogP contribution in [0.4, 0.5) is 0 Å². The summed E-state index contributed by atoms with van der Waals surface area (Å²) >= 11 is 0. The first-order valence-electron chi connectivity index (χ1n) is 12.2. The van der Waals surface area contributed by atoms with Gasteiger partial charge in [-0.2, -0.15) is 5.10 Å². The van der Waals surface area contributed by atoms with E-state index < -0.39 is 0 Å². The first-order valence-corrected chi connectivity index (χ1v) is 12.2. The highest BCUT2D eigenvalue weighted by atomic mass is 16.2. The second-order valence-electron chi connectivity index (χ2n) is 8.72. The number of nitrogens with zero attached hydrogens (tertiary/aromatic N) is 4. The maximum atomic E-state index is 13.0. The van der Waals surface area contributed by atoms with Crippen LogP contribution in [0.25, 0.3) is 17.3 Å². The molecule has 3 aromatic rings. The summed E-state index contributed by atoms with van der Waals surface area (Å²) in [4.78, 5) is 28.9. The number of hydrogen-bond acceptors (Lipinski definition) is 4. The zero-order valence-corrected chi connectivity index (χ0v) is 20.3. The number of amides is 2. The van der Waals surface area contributed by atoms with E-state index in [0.29, 0.717) is 39.3 Å². The Morgan fingerprint density at radius 2 is 1.71 bits per heavy atom. The van der Waals surface area contributed by atoms with Gasteiger partial charge in [0, 0.05) is 56.1 Å². The van der Waals surface area contributed by atoms with E-state index in [4.69, 9.17) is 5.10 Å². The van der Waals surface area contributed by atoms with Gasteiger partial charge in [0.15, 0.2) is 0 Å². The van der Waals surface area contributed by atoms with E-state index in [0.717, 1.165) is 29.8 Å². The minimum Gasteiger partial charge on any atom is -0.355 e. The van der Waals surface area contributed by atoms with Crippen LogP contribution in [0.2, 0.25) is 0 Å². The fourth-order valence-corrected chi connectivity index (χ4v) is 4.30. The van der Waals surface area contributed by atoms with Crippen LogP contribution in [0, 0.1) is 0 Å². The molecule has 0 aliphatic carbocycles. The van der Waals surface area contributed by atoms with E-state index in [1.165, 1.54) is 5.56 Å². The largest absolute Gasteiger partial charge is 0.355 e. The normalized spacial score (nSPS) is 14.7. The highest BCUT2D eigenvalue weighted by molar-refractivity contribution is 5.93. The molecule has 1 aromatic heterocycles. The number of aromatic nitrogens is 2. The Labute approximate surface area is 207 Å². The van der Waals surface area contributed by atoms with E-state index in [2.05, 4.69) is 22.3 Å². The minimum absolute atomic E-state index is 0.0142. The average molecular weight is 472 g/mol. The lowest BCUT2D eigenvalue weighted by Gasteiger charge is -2.20. The van der Waals surface area contributed by atoms with Gasteiger partial charge in [0.05, 0.1) is 18.8 Å². The van der Waals surface area contributed by atoms with E-state index in [9.17, 15) is 9.59 Å². The Morgan fingerprint density at radius 3 is 2.46 bits per heavy atom. The van der Waals surface area contributed by atoms with Crippen molar-refractivity contribution in [1.29, 1.82) is 0 Å². The quantitative estimate of drug-likeness (QED) is 0.512. The maximum absolute atomic E-state index is 13.0. The predicted octanol–water partition coefficient (Wildman–Crippen LogP) is 3.28. The van der Waals surface area contributed by atoms with Crippen molar-refractivity contribution in [3.8, 4) is 11.3 Å². The van der Waals surface area contributed by atoms with Gasteiger partial charge in [-0.15, -0.1) is 0 Å². The van der Waals surface area contributed by atoms with Gasteiger partial charge in [0.25, 0.3) is 0 Å². The van der Waals surface area contributed by atoms with Crippen molar-refractivity contribution in [2.24, 2.45) is 0 Å². The number of rotatable bonds is 8. The average Bonchev–Trinajstić information content (AvgIpc) is 3.13. The number of hydrogen-bond donors (Lipinski definition) is 1. The third-order valence-electron chi connectivity index (χ3n) is 6.07. The zero-order chi connectivity index (χ0) is 24.5. The van der Waals surface area contributed by atoms with Crippen molar-refractivity contribution in [2.45, 2.75) is 19.9 Å². The molecule has 1 saturated heterocycles. The molecule has 0 bridgehead atoms. The van der Waals surface area contributed by atoms with Gasteiger partial charge in [-0.3, -0.25) is 19.2 Å². The van der Waals surface area contributed by atoms with E-state index >= 15 is 0 Å². The van der Waals surface area contributed by atoms with Gasteiger partial charge in [-0.25, -0.2) is 0 Å². The number of likely N-dealkylation sites (N-methyl/N-ethyl adjacent to an activating group) is 1. The summed E-state index contributed by atoms with van der Waals surface area (Å²) in [6, 6.07) is 20.3. The highest BCUT2D eigenvalue weighted by Gasteiger charge is 2.19. The topological polar surface area (TPSA) is 70.5 Å². The molecule has 0 radical (unpaired) electrons. The Kier molecular flexibility index (Phi) is 8.46. The monoisotopic (exact) mass is 471 g/mol. The Bertz CT molecular complexity index is 1140. The molecule has 1 aliphatic heterocycles. The van der Waals surface area contributed by atoms with Gasteiger partial charge < -0.3 is 10.2 Å². The summed E-state index contributed by atoms with van der Waals surface area (Å²) < 4.78 is 1.92. The first kappa shape index (κ1) is 24.4. The smallest absolute Gasteiger partial charge is 0.246 e. The van der Waals surface area contributed by atoms with Crippen LogP contribution in [0.5, 0.6) is 0 Å². The molecule has 1 fully saturated rings. The van der Waals surface area contributed by atoms with Crippen molar-refractivity contribution in [3.63, 3.8) is 0 Å². The van der Waals surface area contributed by atoms with Crippen molar-refractivity contribution >= 4 is 17.9 Å². The predicted molar refractivity (Wildman–Crippen MR) is 139 cm³/mol. The molecule has 2 heterocycles. The standard InChI is InChI=1S/C28H33N5O2/c1-2-29-26(34)22-31-16-9-17-32(19-18-31)27(35)15-14-25-21-33(20-23-10-5-3-6-11-23)30-28(25)24-12-7-4-8-13-24/h3-8,10-15,21H,2,9,16-20,22H2,1H3,(H,29,34)/b15-14+. The summed E-state index contributed by atoms with van der Waals surface area (Å²) in [7, 11) is 0. The third kappa shape index (κ3) is 6.90. The van der Waals surface area contributed by atoms with Crippen LogP contribution in [0.1, 0.15) is 24.5 Å². The summed E-state index contributed by atoms with van der Waals surface area (Å²) in [5.41, 5.74) is 3.95. The lowest BCUT2D eigenvalue weighted by Crippen LogP contribution is -2.39. The van der Waals surface area contributed by atoms with Crippen molar-refractivity contribution in [2.75, 3.05) is 39.3 Å². The van der Waals surface area contributed by atoms with Gasteiger partial charge in [-0.1, -0.05) is 60.7 Å². The molecule has 0 unspecified atom stereocenters. The van der Waals surface area contributed by atoms with Gasteiger partial charge in [0.1, 0.15) is 0 Å². The molecule has 2 aromatic carbocycles. The highest BCUT2D eigenvalue weighted by Crippen LogP contribution is 2.23. The zero-order valence-electron chi connectivity index (χ0n) is 20.3. The number of carbonyl (C=O) groups is 2. The van der Waals surface area contributed by atoms with Crippen LogP contribution in [0.15, 0.2) is 72.9 Å². The summed E-state index contributed by atoms with van der Waals surface area (Å²) in [5, 5.41) is 7.67.